The molecule has 0 saturated carbocycles. The number of hydrogen-bond donors (Lipinski definition) is 1. The molecule has 0 aliphatic rings. The highest BCUT2D eigenvalue weighted by molar-refractivity contribution is 7.98. The number of halogens is 1. The number of hydrogen-bond acceptors (Lipinski definition) is 7. The van der Waals surface area contributed by atoms with Crippen LogP contribution >= 0.6 is 23.4 Å². The Morgan fingerprint density at radius 2 is 1.93 bits per heavy atom. The largest absolute Gasteiger partial charge is 0.497 e. The molecule has 0 unspecified atom stereocenters. The first kappa shape index (κ1) is 19.4. The number of ether oxygens (including phenoxy) is 2. The first-order valence-corrected chi connectivity index (χ1v) is 10.1. The lowest BCUT2D eigenvalue weighted by atomic mass is 10.3. The van der Waals surface area contributed by atoms with E-state index in [1.165, 1.54) is 16.4 Å². The number of rotatable bonds is 7. The Balaban J connectivity index is 1.43. The maximum Gasteiger partial charge on any atom is 0.210 e. The molecule has 0 aliphatic carbocycles. The average Bonchev–Trinajstić information content (AvgIpc) is 3.24. The second kappa shape index (κ2) is 8.22. The molecule has 0 radical (unpaired) electrons. The van der Waals surface area contributed by atoms with Crippen molar-refractivity contribution in [3.63, 3.8) is 0 Å². The van der Waals surface area contributed by atoms with Crippen molar-refractivity contribution < 1.29 is 9.47 Å². The summed E-state index contributed by atoms with van der Waals surface area (Å²) in [7, 11) is 3.58. The van der Waals surface area contributed by atoms with Crippen molar-refractivity contribution in [3.05, 3.63) is 59.1 Å². The molecule has 0 aliphatic heterocycles. The molecule has 2 aromatic carbocycles. The van der Waals surface area contributed by atoms with Crippen LogP contribution in [0, 0.1) is 0 Å². The predicted molar refractivity (Wildman–Crippen MR) is 113 cm³/mol. The molecule has 4 aromatic rings. The van der Waals surface area contributed by atoms with E-state index in [-0.39, 0.29) is 6.61 Å². The van der Waals surface area contributed by atoms with Crippen LogP contribution in [0.1, 0.15) is 11.6 Å². The summed E-state index contributed by atoms with van der Waals surface area (Å²) in [6.45, 7) is 0.196. The molecule has 2 heterocycles. The number of nitrogen functional groups attached to an aromatic ring is 1. The standard InChI is InChI=1S/C19H19ClN6O2S/c1-25-16-7-6-12(20)8-15(16)22-18(25)11-29-19-24-23-17(26(19)21)10-28-14-5-3-4-13(9-14)27-2/h3-9H,10-11,21H2,1-2H3. The van der Waals surface area contributed by atoms with Crippen LogP contribution in [-0.2, 0) is 19.4 Å². The highest BCUT2D eigenvalue weighted by Gasteiger charge is 2.14. The summed E-state index contributed by atoms with van der Waals surface area (Å²) in [5.74, 6) is 9.53. The van der Waals surface area contributed by atoms with Crippen molar-refractivity contribution in [1.82, 2.24) is 24.4 Å². The first-order chi connectivity index (χ1) is 14.0. The molecular formula is C19H19ClN6O2S. The summed E-state index contributed by atoms with van der Waals surface area (Å²) >= 11 is 7.51. The lowest BCUT2D eigenvalue weighted by Gasteiger charge is -2.07. The van der Waals surface area contributed by atoms with Crippen molar-refractivity contribution in [2.75, 3.05) is 13.0 Å². The van der Waals surface area contributed by atoms with Crippen LogP contribution in [0.3, 0.4) is 0 Å². The van der Waals surface area contributed by atoms with Crippen LogP contribution in [0.4, 0.5) is 0 Å². The number of aryl methyl sites for hydroxylation is 1. The van der Waals surface area contributed by atoms with E-state index in [0.29, 0.717) is 27.5 Å². The molecule has 2 N–H and O–H groups in total. The van der Waals surface area contributed by atoms with Gasteiger partial charge in [0.15, 0.2) is 5.82 Å². The zero-order valence-corrected chi connectivity index (χ0v) is 17.4. The molecule has 4 rings (SSSR count). The van der Waals surface area contributed by atoms with E-state index in [4.69, 9.17) is 26.9 Å². The Morgan fingerprint density at radius 1 is 1.10 bits per heavy atom. The van der Waals surface area contributed by atoms with Gasteiger partial charge in [-0.05, 0) is 30.3 Å². The predicted octanol–water partition coefficient (Wildman–Crippen LogP) is 3.41. The quantitative estimate of drug-likeness (QED) is 0.354. The zero-order valence-electron chi connectivity index (χ0n) is 15.9. The third kappa shape index (κ3) is 4.10. The van der Waals surface area contributed by atoms with Gasteiger partial charge < -0.3 is 19.9 Å². The number of nitrogens with two attached hydrogens (primary N) is 1. The van der Waals surface area contributed by atoms with Gasteiger partial charge in [-0.25, -0.2) is 9.66 Å². The average molecular weight is 431 g/mol. The van der Waals surface area contributed by atoms with E-state index in [9.17, 15) is 0 Å². The summed E-state index contributed by atoms with van der Waals surface area (Å²) < 4.78 is 14.4. The van der Waals surface area contributed by atoms with Gasteiger partial charge in [0.2, 0.25) is 5.16 Å². The van der Waals surface area contributed by atoms with Crippen molar-refractivity contribution in [3.8, 4) is 11.5 Å². The summed E-state index contributed by atoms with van der Waals surface area (Å²) in [6, 6.07) is 13.0. The number of thioether (sulfide) groups is 1. The lowest BCUT2D eigenvalue weighted by molar-refractivity contribution is 0.289. The summed E-state index contributed by atoms with van der Waals surface area (Å²) in [4.78, 5) is 4.64. The minimum atomic E-state index is 0.196. The fraction of sp³-hybridized carbons (Fsp3) is 0.211. The van der Waals surface area contributed by atoms with Crippen LogP contribution in [0.2, 0.25) is 5.02 Å². The molecule has 29 heavy (non-hydrogen) atoms. The number of aromatic nitrogens is 5. The normalized spacial score (nSPS) is 11.1. The van der Waals surface area contributed by atoms with Gasteiger partial charge in [-0.3, -0.25) is 0 Å². The monoisotopic (exact) mass is 430 g/mol. The van der Waals surface area contributed by atoms with Gasteiger partial charge in [-0.15, -0.1) is 10.2 Å². The maximum absolute atomic E-state index is 6.14. The molecule has 0 amide bonds. The van der Waals surface area contributed by atoms with Gasteiger partial charge in [0.1, 0.15) is 23.9 Å². The van der Waals surface area contributed by atoms with Gasteiger partial charge in [0, 0.05) is 18.1 Å². The fourth-order valence-corrected chi connectivity index (χ4v) is 3.85. The van der Waals surface area contributed by atoms with Gasteiger partial charge in [-0.2, -0.15) is 0 Å². The summed E-state index contributed by atoms with van der Waals surface area (Å²) in [6.07, 6.45) is 0. The molecule has 10 heteroatoms. The van der Waals surface area contributed by atoms with E-state index in [1.54, 1.807) is 13.2 Å². The Labute approximate surface area is 176 Å². The Bertz CT molecular complexity index is 1160. The van der Waals surface area contributed by atoms with Crippen LogP contribution in [-0.4, -0.2) is 31.5 Å². The van der Waals surface area contributed by atoms with Crippen molar-refractivity contribution >= 4 is 34.4 Å². The topological polar surface area (TPSA) is 93.0 Å². The van der Waals surface area contributed by atoms with Crippen LogP contribution in [0.25, 0.3) is 11.0 Å². The highest BCUT2D eigenvalue weighted by atomic mass is 35.5. The molecule has 8 nitrogen and oxygen atoms in total. The molecule has 2 aromatic heterocycles. The highest BCUT2D eigenvalue weighted by Crippen LogP contribution is 2.25. The van der Waals surface area contributed by atoms with E-state index in [0.717, 1.165) is 22.6 Å². The molecule has 150 valence electrons. The van der Waals surface area contributed by atoms with E-state index >= 15 is 0 Å². The van der Waals surface area contributed by atoms with Gasteiger partial charge in [0.25, 0.3) is 0 Å². The van der Waals surface area contributed by atoms with E-state index < -0.39 is 0 Å². The zero-order chi connectivity index (χ0) is 20.4. The smallest absolute Gasteiger partial charge is 0.210 e. The summed E-state index contributed by atoms with van der Waals surface area (Å²) in [5, 5.41) is 9.54. The summed E-state index contributed by atoms with van der Waals surface area (Å²) in [5.41, 5.74) is 1.88. The van der Waals surface area contributed by atoms with Gasteiger partial charge in [0.05, 0.1) is 23.9 Å². The number of methoxy groups -OCH3 is 1. The van der Waals surface area contributed by atoms with E-state index in [1.807, 2.05) is 48.0 Å². The number of fused-ring (bicyclic) bond motifs is 1. The van der Waals surface area contributed by atoms with Crippen molar-refractivity contribution in [1.29, 1.82) is 0 Å². The van der Waals surface area contributed by atoms with Crippen molar-refractivity contribution in [2.45, 2.75) is 17.5 Å². The number of benzene rings is 2. The van der Waals surface area contributed by atoms with Crippen LogP contribution < -0.4 is 15.3 Å². The second-order valence-electron chi connectivity index (χ2n) is 6.25. The van der Waals surface area contributed by atoms with Gasteiger partial charge >= 0.3 is 0 Å². The number of imidazole rings is 1. The third-order valence-corrected chi connectivity index (χ3v) is 5.58. The fourth-order valence-electron chi connectivity index (χ4n) is 2.82. The molecular weight excluding hydrogens is 412 g/mol. The first-order valence-electron chi connectivity index (χ1n) is 8.75. The Kier molecular flexibility index (Phi) is 5.50. The minimum Gasteiger partial charge on any atom is -0.497 e. The number of nitrogens with zero attached hydrogens (tertiary/aromatic N) is 5. The minimum absolute atomic E-state index is 0.196. The Hall–Kier alpha value is -2.91. The van der Waals surface area contributed by atoms with E-state index in [2.05, 4.69) is 15.2 Å². The lowest BCUT2D eigenvalue weighted by Crippen LogP contribution is -2.16. The maximum atomic E-state index is 6.14. The molecule has 0 saturated heterocycles. The SMILES string of the molecule is COc1cccc(OCc2nnc(SCc3nc4cc(Cl)ccc4n3C)n2N)c1. The van der Waals surface area contributed by atoms with Crippen LogP contribution in [0.15, 0.2) is 47.6 Å². The van der Waals surface area contributed by atoms with Crippen LogP contribution in [0.5, 0.6) is 11.5 Å². The molecule has 0 fully saturated rings. The van der Waals surface area contributed by atoms with Gasteiger partial charge in [-0.1, -0.05) is 29.4 Å². The Morgan fingerprint density at radius 3 is 2.76 bits per heavy atom. The molecule has 0 atom stereocenters. The molecule has 0 spiro atoms. The second-order valence-corrected chi connectivity index (χ2v) is 7.62. The van der Waals surface area contributed by atoms with Crippen molar-refractivity contribution in [2.24, 2.45) is 7.05 Å². The molecule has 0 bridgehead atoms. The third-order valence-electron chi connectivity index (χ3n) is 4.41.